The van der Waals surface area contributed by atoms with Crippen LogP contribution in [-0.2, 0) is 0 Å². The van der Waals surface area contributed by atoms with Crippen LogP contribution in [0, 0.1) is 0 Å². The van der Waals surface area contributed by atoms with Crippen LogP contribution in [0.25, 0.3) is 54.2 Å². The second kappa shape index (κ2) is 5.94. The highest BCUT2D eigenvalue weighted by Gasteiger charge is 2.07. The van der Waals surface area contributed by atoms with Gasteiger partial charge in [0.25, 0.3) is 0 Å². The Morgan fingerprint density at radius 1 is 0.321 bits per heavy atom. The maximum atomic E-state index is 2.36. The molecule has 0 nitrogen and oxygen atoms in total. The summed E-state index contributed by atoms with van der Waals surface area (Å²) in [7, 11) is 0. The number of hydrogen-bond donors (Lipinski definition) is 0. The van der Waals surface area contributed by atoms with E-state index in [-0.39, 0.29) is 0 Å². The topological polar surface area (TPSA) is 0 Å². The van der Waals surface area contributed by atoms with Crippen LogP contribution in [0.5, 0.6) is 0 Å². The van der Waals surface area contributed by atoms with Gasteiger partial charge in [-0.2, -0.15) is 0 Å². The Hall–Kier alpha value is -3.64. The van der Waals surface area contributed by atoms with E-state index in [0.717, 1.165) is 0 Å². The molecule has 0 unspecified atom stereocenters. The standard InChI is InChI=1S/C28H18/c1-2-8-22-17-28-23(16-21(22)7-1)14-12-20-13-15-24(18-27(20)28)26-11-5-9-19-6-3-4-10-25(19)26/h1-18H. The Labute approximate surface area is 163 Å². The van der Waals surface area contributed by atoms with Gasteiger partial charge < -0.3 is 0 Å². The summed E-state index contributed by atoms with van der Waals surface area (Å²) in [6.07, 6.45) is 0. The molecule has 0 N–H and O–H groups in total. The van der Waals surface area contributed by atoms with Crippen LogP contribution in [0.15, 0.2) is 109 Å². The van der Waals surface area contributed by atoms with Gasteiger partial charge in [-0.1, -0.05) is 91.0 Å². The second-order valence-electron chi connectivity index (χ2n) is 7.45. The van der Waals surface area contributed by atoms with Crippen molar-refractivity contribution in [3.05, 3.63) is 109 Å². The zero-order valence-electron chi connectivity index (χ0n) is 15.4. The van der Waals surface area contributed by atoms with Gasteiger partial charge in [-0.05, 0) is 72.4 Å². The Morgan fingerprint density at radius 2 is 0.929 bits per heavy atom. The monoisotopic (exact) mass is 354 g/mol. The first-order valence-corrected chi connectivity index (χ1v) is 9.70. The van der Waals surface area contributed by atoms with Crippen molar-refractivity contribution in [2.24, 2.45) is 0 Å². The second-order valence-corrected chi connectivity index (χ2v) is 7.45. The molecule has 0 radical (unpaired) electrons. The smallest absolute Gasteiger partial charge is 0.00988 e. The quantitative estimate of drug-likeness (QED) is 0.207. The van der Waals surface area contributed by atoms with Crippen molar-refractivity contribution in [3.8, 4) is 11.1 Å². The Kier molecular flexibility index (Phi) is 3.27. The summed E-state index contributed by atoms with van der Waals surface area (Å²) in [6.45, 7) is 0. The highest BCUT2D eigenvalue weighted by Crippen LogP contribution is 2.34. The average molecular weight is 354 g/mol. The van der Waals surface area contributed by atoms with Gasteiger partial charge in [0.1, 0.15) is 0 Å². The minimum atomic E-state index is 1.27. The van der Waals surface area contributed by atoms with Crippen molar-refractivity contribution in [1.82, 2.24) is 0 Å². The number of rotatable bonds is 1. The van der Waals surface area contributed by atoms with E-state index < -0.39 is 0 Å². The predicted molar refractivity (Wildman–Crippen MR) is 122 cm³/mol. The van der Waals surface area contributed by atoms with Crippen molar-refractivity contribution in [2.45, 2.75) is 0 Å². The predicted octanol–water partition coefficient (Wildman–Crippen LogP) is 7.97. The fourth-order valence-corrected chi connectivity index (χ4v) is 4.39. The maximum Gasteiger partial charge on any atom is -0.00988 e. The van der Waals surface area contributed by atoms with Crippen LogP contribution < -0.4 is 0 Å². The van der Waals surface area contributed by atoms with Crippen LogP contribution in [0.1, 0.15) is 0 Å². The molecule has 0 aliphatic rings. The molecule has 0 aliphatic carbocycles. The average Bonchev–Trinajstić information content (AvgIpc) is 2.77. The molecule has 0 bridgehead atoms. The molecule has 0 saturated carbocycles. The zero-order valence-corrected chi connectivity index (χ0v) is 15.4. The fraction of sp³-hybridized carbons (Fsp3) is 0. The molecular formula is C28H18. The van der Waals surface area contributed by atoms with Crippen LogP contribution in [-0.4, -0.2) is 0 Å². The van der Waals surface area contributed by atoms with E-state index in [1.54, 1.807) is 0 Å². The SMILES string of the molecule is c1ccc2cc3c(ccc4ccc(-c5cccc6ccccc56)cc43)cc2c1. The molecule has 0 amide bonds. The minimum absolute atomic E-state index is 1.27. The third-order valence-corrected chi connectivity index (χ3v) is 5.80. The number of fused-ring (bicyclic) bond motifs is 5. The molecule has 0 saturated heterocycles. The van der Waals surface area contributed by atoms with Crippen LogP contribution in [0.3, 0.4) is 0 Å². The number of hydrogen-bond acceptors (Lipinski definition) is 0. The molecule has 6 aromatic rings. The van der Waals surface area contributed by atoms with E-state index in [1.165, 1.54) is 54.2 Å². The first-order chi connectivity index (χ1) is 13.9. The van der Waals surface area contributed by atoms with E-state index in [9.17, 15) is 0 Å². The summed E-state index contributed by atoms with van der Waals surface area (Å²) in [5, 5.41) is 10.4. The van der Waals surface area contributed by atoms with Gasteiger partial charge in [-0.25, -0.2) is 0 Å². The molecule has 0 fully saturated rings. The molecule has 28 heavy (non-hydrogen) atoms. The molecule has 130 valence electrons. The molecule has 0 heteroatoms. The lowest BCUT2D eigenvalue weighted by molar-refractivity contribution is 1.69. The van der Waals surface area contributed by atoms with Crippen molar-refractivity contribution in [2.75, 3.05) is 0 Å². The normalized spacial score (nSPS) is 11.6. The highest BCUT2D eigenvalue weighted by atomic mass is 14.1. The van der Waals surface area contributed by atoms with Crippen LogP contribution in [0.2, 0.25) is 0 Å². The van der Waals surface area contributed by atoms with E-state index in [1.807, 2.05) is 0 Å². The maximum absolute atomic E-state index is 2.36. The summed E-state index contributed by atoms with van der Waals surface area (Å²) >= 11 is 0. The lowest BCUT2D eigenvalue weighted by atomic mass is 9.93. The lowest BCUT2D eigenvalue weighted by Gasteiger charge is -2.11. The van der Waals surface area contributed by atoms with E-state index in [4.69, 9.17) is 0 Å². The van der Waals surface area contributed by atoms with Gasteiger partial charge in [0.15, 0.2) is 0 Å². The molecule has 0 spiro atoms. The first kappa shape index (κ1) is 15.4. The first-order valence-electron chi connectivity index (χ1n) is 9.70. The third-order valence-electron chi connectivity index (χ3n) is 5.80. The van der Waals surface area contributed by atoms with Crippen LogP contribution >= 0.6 is 0 Å². The van der Waals surface area contributed by atoms with Crippen molar-refractivity contribution < 1.29 is 0 Å². The molecule has 0 aromatic heterocycles. The van der Waals surface area contributed by atoms with Gasteiger partial charge in [0.2, 0.25) is 0 Å². The van der Waals surface area contributed by atoms with Crippen molar-refractivity contribution in [3.63, 3.8) is 0 Å². The van der Waals surface area contributed by atoms with Gasteiger partial charge in [-0.15, -0.1) is 0 Å². The molecular weight excluding hydrogens is 336 g/mol. The van der Waals surface area contributed by atoms with E-state index >= 15 is 0 Å². The Morgan fingerprint density at radius 3 is 1.82 bits per heavy atom. The number of benzene rings is 6. The van der Waals surface area contributed by atoms with Gasteiger partial charge in [0.05, 0.1) is 0 Å². The third kappa shape index (κ3) is 2.32. The molecule has 6 aromatic carbocycles. The summed E-state index contributed by atoms with van der Waals surface area (Å²) in [6, 6.07) is 39.7. The van der Waals surface area contributed by atoms with Gasteiger partial charge in [0, 0.05) is 0 Å². The molecule has 0 heterocycles. The summed E-state index contributed by atoms with van der Waals surface area (Å²) < 4.78 is 0. The molecule has 6 rings (SSSR count). The highest BCUT2D eigenvalue weighted by molar-refractivity contribution is 6.13. The Balaban J connectivity index is 1.68. The fourth-order valence-electron chi connectivity index (χ4n) is 4.39. The largest absolute Gasteiger partial charge is 0.0616 e. The van der Waals surface area contributed by atoms with Crippen molar-refractivity contribution >= 4 is 43.1 Å². The minimum Gasteiger partial charge on any atom is -0.0616 e. The van der Waals surface area contributed by atoms with E-state index in [0.29, 0.717) is 0 Å². The summed E-state index contributed by atoms with van der Waals surface area (Å²) in [5.74, 6) is 0. The van der Waals surface area contributed by atoms with Crippen molar-refractivity contribution in [1.29, 1.82) is 0 Å². The van der Waals surface area contributed by atoms with Gasteiger partial charge >= 0.3 is 0 Å². The van der Waals surface area contributed by atoms with E-state index in [2.05, 4.69) is 109 Å². The van der Waals surface area contributed by atoms with Gasteiger partial charge in [-0.3, -0.25) is 0 Å². The summed E-state index contributed by atoms with van der Waals surface area (Å²) in [4.78, 5) is 0. The lowest BCUT2D eigenvalue weighted by Crippen LogP contribution is -1.84. The molecule has 0 aliphatic heterocycles. The Bertz CT molecular complexity index is 1500. The van der Waals surface area contributed by atoms with Crippen LogP contribution in [0.4, 0.5) is 0 Å². The summed E-state index contributed by atoms with van der Waals surface area (Å²) in [5.41, 5.74) is 2.56. The molecule has 0 atom stereocenters. The zero-order chi connectivity index (χ0) is 18.5.